The normalized spacial score (nSPS) is 12.0. The van der Waals surface area contributed by atoms with Crippen molar-refractivity contribution >= 4 is 76.2 Å². The predicted octanol–water partition coefficient (Wildman–Crippen LogP) is 13.0. The summed E-state index contributed by atoms with van der Waals surface area (Å²) >= 11 is 0. The fraction of sp³-hybridized carbons (Fsp3) is 0. The number of aromatic nitrogens is 2. The molecule has 0 radical (unpaired) electrons. The van der Waals surface area contributed by atoms with Gasteiger partial charge in [-0.25, -0.2) is 0 Å². The Morgan fingerprint density at radius 1 is 0.240 bits per heavy atom. The van der Waals surface area contributed by atoms with Crippen LogP contribution in [0.4, 0.5) is 0 Å². The molecular formula is C48H30N2. The quantitative estimate of drug-likeness (QED) is 0.179. The molecule has 0 aliphatic heterocycles. The van der Waals surface area contributed by atoms with E-state index in [1.54, 1.807) is 0 Å². The zero-order valence-electron chi connectivity index (χ0n) is 27.2. The fourth-order valence-electron chi connectivity index (χ4n) is 8.43. The van der Waals surface area contributed by atoms with Crippen molar-refractivity contribution in [3.63, 3.8) is 0 Å². The third kappa shape index (κ3) is 3.85. The van der Waals surface area contributed by atoms with Gasteiger partial charge in [-0.15, -0.1) is 0 Å². The van der Waals surface area contributed by atoms with Gasteiger partial charge in [0.05, 0.1) is 33.1 Å². The monoisotopic (exact) mass is 634 g/mol. The Balaban J connectivity index is 1.54. The van der Waals surface area contributed by atoms with Gasteiger partial charge < -0.3 is 8.80 Å². The molecule has 2 nitrogen and oxygen atoms in total. The van der Waals surface area contributed by atoms with E-state index in [2.05, 4.69) is 191 Å². The lowest BCUT2D eigenvalue weighted by Gasteiger charge is -2.14. The van der Waals surface area contributed by atoms with Gasteiger partial charge in [0.25, 0.3) is 0 Å². The van der Waals surface area contributed by atoms with Crippen LogP contribution >= 0.6 is 0 Å². The minimum atomic E-state index is 1.16. The number of para-hydroxylation sites is 2. The van der Waals surface area contributed by atoms with E-state index in [0.717, 1.165) is 11.0 Å². The van der Waals surface area contributed by atoms with E-state index in [4.69, 9.17) is 0 Å². The molecule has 0 saturated carbocycles. The lowest BCUT2D eigenvalue weighted by Crippen LogP contribution is -1.95. The standard InChI is InChI=1S/C48H30N2/c1-3-13-31(14-4-1)41-29-42(32-15-5-2-6-16-32)48-30-47(41)49-43-21-11-9-19-37(43)39-25-23-33(27-45(39)49)35-17-7-8-18-36(35)34-24-26-40-38-20-10-12-22-44(38)50(48)46(40)28-34/h1-30H. The summed E-state index contributed by atoms with van der Waals surface area (Å²) in [6.07, 6.45) is 0. The van der Waals surface area contributed by atoms with Gasteiger partial charge in [0.2, 0.25) is 0 Å². The maximum Gasteiger partial charge on any atom is 0.0561 e. The Morgan fingerprint density at radius 2 is 0.620 bits per heavy atom. The van der Waals surface area contributed by atoms with Crippen molar-refractivity contribution in [1.82, 2.24) is 8.80 Å². The van der Waals surface area contributed by atoms with E-state index >= 15 is 0 Å². The highest BCUT2D eigenvalue weighted by Crippen LogP contribution is 2.41. The number of benzene rings is 8. The molecule has 0 amide bonds. The molecule has 0 saturated heterocycles. The Hall–Kier alpha value is -6.64. The highest BCUT2D eigenvalue weighted by molar-refractivity contribution is 6.17. The van der Waals surface area contributed by atoms with Gasteiger partial charge in [-0.2, -0.15) is 0 Å². The second-order valence-corrected chi connectivity index (χ2v) is 13.3. The van der Waals surface area contributed by atoms with Crippen LogP contribution in [0.15, 0.2) is 182 Å². The summed E-state index contributed by atoms with van der Waals surface area (Å²) in [5.41, 5.74) is 11.9. The molecule has 0 spiro atoms. The molecule has 8 aromatic carbocycles. The van der Waals surface area contributed by atoms with Crippen LogP contribution in [0.2, 0.25) is 0 Å². The van der Waals surface area contributed by atoms with E-state index < -0.39 is 0 Å². The van der Waals surface area contributed by atoms with Crippen molar-refractivity contribution in [3.05, 3.63) is 182 Å². The molecule has 0 unspecified atom stereocenters. The van der Waals surface area contributed by atoms with Gasteiger partial charge in [-0.1, -0.05) is 146 Å². The average Bonchev–Trinajstić information content (AvgIpc) is 3.70. The maximum atomic E-state index is 2.51. The number of fused-ring (bicyclic) bond motifs is 15. The molecule has 232 valence electrons. The van der Waals surface area contributed by atoms with Crippen molar-refractivity contribution in [2.75, 3.05) is 0 Å². The Morgan fingerprint density at radius 3 is 1.08 bits per heavy atom. The molecule has 50 heavy (non-hydrogen) atoms. The highest BCUT2D eigenvalue weighted by Gasteiger charge is 2.18. The number of rotatable bonds is 2. The first kappa shape index (κ1) is 27.3. The SMILES string of the molecule is c1ccc(-c2cc(-c3ccccc3)c3cc2n2c4ccccc4c4ccc(cc42)c2ccccc2c2ccc4c5ccccc5n3c4c2)cc1. The van der Waals surface area contributed by atoms with Crippen molar-refractivity contribution in [2.45, 2.75) is 0 Å². The molecule has 6 bridgehead atoms. The molecular weight excluding hydrogens is 605 g/mol. The summed E-state index contributed by atoms with van der Waals surface area (Å²) in [7, 11) is 0. The van der Waals surface area contributed by atoms with Crippen LogP contribution in [0.1, 0.15) is 0 Å². The molecule has 3 aromatic heterocycles. The van der Waals surface area contributed by atoms with E-state index in [1.807, 2.05) is 0 Å². The smallest absolute Gasteiger partial charge is 0.0561 e. The van der Waals surface area contributed by atoms with Gasteiger partial charge >= 0.3 is 0 Å². The van der Waals surface area contributed by atoms with Crippen molar-refractivity contribution in [2.24, 2.45) is 0 Å². The van der Waals surface area contributed by atoms with E-state index in [0.29, 0.717) is 0 Å². The van der Waals surface area contributed by atoms with Gasteiger partial charge in [-0.3, -0.25) is 0 Å². The summed E-state index contributed by atoms with van der Waals surface area (Å²) < 4.78 is 5.02. The van der Waals surface area contributed by atoms with Crippen LogP contribution in [0.3, 0.4) is 0 Å². The average molecular weight is 635 g/mol. The van der Waals surface area contributed by atoms with Crippen molar-refractivity contribution in [3.8, 4) is 22.3 Å². The predicted molar refractivity (Wildman–Crippen MR) is 213 cm³/mol. The minimum Gasteiger partial charge on any atom is -0.309 e. The third-order valence-corrected chi connectivity index (χ3v) is 10.7. The zero-order valence-corrected chi connectivity index (χ0v) is 27.2. The number of nitrogens with zero attached hydrogens (tertiary/aromatic N) is 2. The first-order valence-electron chi connectivity index (χ1n) is 17.3. The number of hydrogen-bond acceptors (Lipinski definition) is 0. The Bertz CT molecular complexity index is 2970. The second-order valence-electron chi connectivity index (χ2n) is 13.3. The maximum absolute atomic E-state index is 2.51. The van der Waals surface area contributed by atoms with Crippen LogP contribution in [-0.2, 0) is 0 Å². The van der Waals surface area contributed by atoms with E-state index in [-0.39, 0.29) is 0 Å². The highest BCUT2D eigenvalue weighted by atomic mass is 14.9. The van der Waals surface area contributed by atoms with Crippen molar-refractivity contribution < 1.29 is 0 Å². The summed E-state index contributed by atoms with van der Waals surface area (Å²) in [6.45, 7) is 0. The van der Waals surface area contributed by atoms with E-state index in [9.17, 15) is 0 Å². The van der Waals surface area contributed by atoms with Gasteiger partial charge in [0.15, 0.2) is 0 Å². The lowest BCUT2D eigenvalue weighted by molar-refractivity contribution is 1.31. The zero-order chi connectivity index (χ0) is 32.8. The van der Waals surface area contributed by atoms with Crippen LogP contribution < -0.4 is 0 Å². The molecule has 11 aromatic rings. The molecule has 0 aliphatic carbocycles. The third-order valence-electron chi connectivity index (χ3n) is 10.7. The molecule has 3 heterocycles. The van der Waals surface area contributed by atoms with Gasteiger partial charge in [0.1, 0.15) is 0 Å². The summed E-state index contributed by atoms with van der Waals surface area (Å²) in [5.74, 6) is 0. The Kier molecular flexibility index (Phi) is 5.70. The lowest BCUT2D eigenvalue weighted by atomic mass is 9.96. The number of hydrogen-bond donors (Lipinski definition) is 0. The van der Waals surface area contributed by atoms with Crippen LogP contribution in [0, 0.1) is 0 Å². The minimum absolute atomic E-state index is 1.16. The molecule has 2 heteroatoms. The molecule has 0 aliphatic rings. The van der Waals surface area contributed by atoms with Crippen LogP contribution in [-0.4, -0.2) is 8.80 Å². The molecule has 0 fully saturated rings. The summed E-state index contributed by atoms with van der Waals surface area (Å²) in [4.78, 5) is 0. The largest absolute Gasteiger partial charge is 0.309 e. The van der Waals surface area contributed by atoms with Crippen LogP contribution in [0.5, 0.6) is 0 Å². The van der Waals surface area contributed by atoms with Gasteiger partial charge in [-0.05, 0) is 69.1 Å². The molecule has 0 N–H and O–H groups in total. The first-order valence-corrected chi connectivity index (χ1v) is 17.3. The molecule has 0 atom stereocenters. The Labute approximate surface area is 288 Å². The fourth-order valence-corrected chi connectivity index (χ4v) is 8.43. The van der Waals surface area contributed by atoms with Crippen molar-refractivity contribution in [1.29, 1.82) is 0 Å². The van der Waals surface area contributed by atoms with E-state index in [1.165, 1.54) is 87.4 Å². The topological polar surface area (TPSA) is 8.82 Å². The van der Waals surface area contributed by atoms with Gasteiger partial charge in [0, 0.05) is 32.7 Å². The second kappa shape index (κ2) is 10.4. The first-order chi connectivity index (χ1) is 24.8. The molecule has 11 rings (SSSR count). The summed E-state index contributed by atoms with van der Waals surface area (Å²) in [6, 6.07) is 67.3. The summed E-state index contributed by atoms with van der Waals surface area (Å²) in [5, 5.41) is 9.87. The van der Waals surface area contributed by atoms with Crippen LogP contribution in [0.25, 0.3) is 98.4 Å².